The first-order valence-corrected chi connectivity index (χ1v) is 8.08. The van der Waals surface area contributed by atoms with Crippen LogP contribution in [-0.2, 0) is 9.53 Å². The van der Waals surface area contributed by atoms with E-state index in [0.29, 0.717) is 37.3 Å². The van der Waals surface area contributed by atoms with Crippen molar-refractivity contribution < 1.29 is 19.1 Å². The van der Waals surface area contributed by atoms with Crippen LogP contribution in [0.25, 0.3) is 0 Å². The molecule has 0 saturated heterocycles. The summed E-state index contributed by atoms with van der Waals surface area (Å²) < 4.78 is 10.2. The largest absolute Gasteiger partial charge is 0.462 e. The van der Waals surface area contributed by atoms with E-state index in [9.17, 15) is 9.59 Å². The Morgan fingerprint density at radius 3 is 2.50 bits per heavy atom. The van der Waals surface area contributed by atoms with E-state index >= 15 is 0 Å². The van der Waals surface area contributed by atoms with Gasteiger partial charge in [0.2, 0.25) is 0 Å². The van der Waals surface area contributed by atoms with Gasteiger partial charge in [-0.3, -0.25) is 10.2 Å². The number of carbonyl (C=O) groups is 2. The van der Waals surface area contributed by atoms with Crippen LogP contribution >= 0.6 is 0 Å². The van der Waals surface area contributed by atoms with Crippen LogP contribution < -0.4 is 15.8 Å². The van der Waals surface area contributed by atoms with Gasteiger partial charge in [-0.05, 0) is 43.5 Å². The molecule has 0 unspecified atom stereocenters. The molecular weight excluding hydrogens is 310 g/mol. The quantitative estimate of drug-likeness (QED) is 0.198. The van der Waals surface area contributed by atoms with Gasteiger partial charge in [0.1, 0.15) is 5.75 Å². The summed E-state index contributed by atoms with van der Waals surface area (Å²) in [6, 6.07) is 6.32. The second kappa shape index (κ2) is 11.0. The summed E-state index contributed by atoms with van der Waals surface area (Å²) in [5, 5.41) is 9.71. The van der Waals surface area contributed by atoms with Gasteiger partial charge >= 0.3 is 11.9 Å². The van der Waals surface area contributed by atoms with E-state index in [2.05, 4.69) is 5.32 Å². The third kappa shape index (κ3) is 8.17. The molecule has 0 aromatic heterocycles. The summed E-state index contributed by atoms with van der Waals surface area (Å²) in [5.41, 5.74) is 5.60. The normalized spacial score (nSPS) is 10.0. The number of benzene rings is 1. The van der Waals surface area contributed by atoms with Crippen molar-refractivity contribution in [1.82, 2.24) is 5.32 Å². The summed E-state index contributed by atoms with van der Waals surface area (Å²) in [6.45, 7) is 2.94. The van der Waals surface area contributed by atoms with Crippen LogP contribution in [0.3, 0.4) is 0 Å². The smallest absolute Gasteiger partial charge is 0.338 e. The van der Waals surface area contributed by atoms with Crippen molar-refractivity contribution in [3.8, 4) is 5.75 Å². The van der Waals surface area contributed by atoms with E-state index in [0.717, 1.165) is 19.3 Å². The number of ether oxygens (including phenoxy) is 2. The minimum absolute atomic E-state index is 0.0450. The number of hydrogen-bond donors (Lipinski definition) is 3. The molecule has 24 heavy (non-hydrogen) atoms. The molecule has 0 spiro atoms. The lowest BCUT2D eigenvalue weighted by Crippen LogP contribution is -2.30. The molecule has 0 aliphatic rings. The van der Waals surface area contributed by atoms with Crippen molar-refractivity contribution in [2.75, 3.05) is 13.2 Å². The predicted molar refractivity (Wildman–Crippen MR) is 91.0 cm³/mol. The molecule has 0 aliphatic carbocycles. The first-order valence-electron chi connectivity index (χ1n) is 8.08. The van der Waals surface area contributed by atoms with Crippen LogP contribution in [0.15, 0.2) is 24.3 Å². The van der Waals surface area contributed by atoms with E-state index in [4.69, 9.17) is 20.6 Å². The summed E-state index contributed by atoms with van der Waals surface area (Å²) in [5.74, 6) is -0.327. The van der Waals surface area contributed by atoms with Gasteiger partial charge in [-0.25, -0.2) is 4.79 Å². The van der Waals surface area contributed by atoms with Crippen LogP contribution in [0, 0.1) is 5.41 Å². The van der Waals surface area contributed by atoms with Crippen LogP contribution in [0.2, 0.25) is 0 Å². The molecule has 1 rings (SSSR count). The second-order valence-electron chi connectivity index (χ2n) is 5.29. The number of rotatable bonds is 10. The number of carbonyl (C=O) groups excluding carboxylic acids is 2. The third-order valence-corrected chi connectivity index (χ3v) is 3.13. The lowest BCUT2D eigenvalue weighted by atomic mass is 10.2. The van der Waals surface area contributed by atoms with E-state index in [-0.39, 0.29) is 17.9 Å². The van der Waals surface area contributed by atoms with Crippen molar-refractivity contribution in [1.29, 1.82) is 5.41 Å². The fraction of sp³-hybridized carbons (Fsp3) is 0.471. The van der Waals surface area contributed by atoms with Crippen molar-refractivity contribution in [2.24, 2.45) is 5.73 Å². The van der Waals surface area contributed by atoms with Crippen LogP contribution in [-0.4, -0.2) is 31.0 Å². The number of nitrogens with two attached hydrogens (primary N) is 1. The average molecular weight is 335 g/mol. The molecule has 4 N–H and O–H groups in total. The van der Waals surface area contributed by atoms with E-state index in [1.54, 1.807) is 24.3 Å². The van der Waals surface area contributed by atoms with Gasteiger partial charge < -0.3 is 20.5 Å². The maximum absolute atomic E-state index is 11.7. The minimum Gasteiger partial charge on any atom is -0.462 e. The maximum atomic E-state index is 11.7. The Hall–Kier alpha value is -2.57. The highest BCUT2D eigenvalue weighted by molar-refractivity contribution is 5.89. The van der Waals surface area contributed by atoms with Crippen LogP contribution in [0.1, 0.15) is 49.4 Å². The van der Waals surface area contributed by atoms with Gasteiger partial charge in [0.05, 0.1) is 12.2 Å². The molecule has 0 radical (unpaired) electrons. The Kier molecular flexibility index (Phi) is 8.96. The highest BCUT2D eigenvalue weighted by atomic mass is 16.5. The fourth-order valence-electron chi connectivity index (χ4n) is 1.91. The Bertz CT molecular complexity index is 543. The highest BCUT2D eigenvalue weighted by Crippen LogP contribution is 2.14. The number of guanidine groups is 1. The van der Waals surface area contributed by atoms with Gasteiger partial charge in [-0.15, -0.1) is 0 Å². The van der Waals surface area contributed by atoms with E-state index in [1.165, 1.54) is 0 Å². The standard InChI is InChI=1S/C17H25N3O4/c1-2-12-23-16(22)13-7-9-14(10-8-13)24-15(21)6-4-3-5-11-20-17(18)19/h7-10H,2-6,11-12H2,1H3,(H4,18,19,20). The van der Waals surface area contributed by atoms with Crippen molar-refractivity contribution in [3.63, 3.8) is 0 Å². The molecule has 0 saturated carbocycles. The summed E-state index contributed by atoms with van der Waals surface area (Å²) in [4.78, 5) is 23.4. The topological polar surface area (TPSA) is 114 Å². The molecule has 0 aliphatic heterocycles. The second-order valence-corrected chi connectivity index (χ2v) is 5.29. The van der Waals surface area contributed by atoms with E-state index < -0.39 is 0 Å². The Labute approximate surface area is 142 Å². The average Bonchev–Trinajstić information content (AvgIpc) is 2.56. The zero-order valence-corrected chi connectivity index (χ0v) is 14.0. The molecule has 0 fully saturated rings. The number of unbranched alkanes of at least 4 members (excludes halogenated alkanes) is 2. The molecular formula is C17H25N3O4. The number of hydrogen-bond acceptors (Lipinski definition) is 5. The Balaban J connectivity index is 2.27. The van der Waals surface area contributed by atoms with Crippen molar-refractivity contribution in [2.45, 2.75) is 39.0 Å². The molecule has 0 bridgehead atoms. The summed E-state index contributed by atoms with van der Waals surface area (Å²) in [7, 11) is 0. The number of esters is 2. The number of nitrogens with one attached hydrogen (secondary N) is 2. The first-order chi connectivity index (χ1) is 11.5. The molecule has 0 amide bonds. The fourth-order valence-corrected chi connectivity index (χ4v) is 1.91. The predicted octanol–water partition coefficient (Wildman–Crippen LogP) is 2.20. The molecule has 1 aromatic carbocycles. The van der Waals surface area contributed by atoms with Gasteiger partial charge in [0.15, 0.2) is 5.96 Å². The van der Waals surface area contributed by atoms with Crippen molar-refractivity contribution in [3.05, 3.63) is 29.8 Å². The lowest BCUT2D eigenvalue weighted by molar-refractivity contribution is -0.134. The first kappa shape index (κ1) is 19.5. The lowest BCUT2D eigenvalue weighted by Gasteiger charge is -2.06. The molecule has 0 atom stereocenters. The van der Waals surface area contributed by atoms with Gasteiger partial charge in [0, 0.05) is 13.0 Å². The van der Waals surface area contributed by atoms with Gasteiger partial charge in [0.25, 0.3) is 0 Å². The van der Waals surface area contributed by atoms with Gasteiger partial charge in [-0.1, -0.05) is 13.3 Å². The Morgan fingerprint density at radius 1 is 1.17 bits per heavy atom. The summed E-state index contributed by atoms with van der Waals surface area (Å²) in [6.07, 6.45) is 3.48. The van der Waals surface area contributed by atoms with Crippen LogP contribution in [0.5, 0.6) is 5.75 Å². The highest BCUT2D eigenvalue weighted by Gasteiger charge is 2.08. The molecule has 7 heteroatoms. The Morgan fingerprint density at radius 2 is 1.88 bits per heavy atom. The molecule has 7 nitrogen and oxygen atoms in total. The summed E-state index contributed by atoms with van der Waals surface area (Å²) >= 11 is 0. The zero-order valence-electron chi connectivity index (χ0n) is 14.0. The molecule has 132 valence electrons. The van der Waals surface area contributed by atoms with Gasteiger partial charge in [-0.2, -0.15) is 0 Å². The van der Waals surface area contributed by atoms with Crippen molar-refractivity contribution >= 4 is 17.9 Å². The van der Waals surface area contributed by atoms with E-state index in [1.807, 2.05) is 6.92 Å². The molecule has 1 aromatic rings. The third-order valence-electron chi connectivity index (χ3n) is 3.13. The zero-order chi connectivity index (χ0) is 17.8. The SMILES string of the molecule is CCCOC(=O)c1ccc(OC(=O)CCCCCNC(=N)N)cc1. The van der Waals surface area contributed by atoms with Crippen LogP contribution in [0.4, 0.5) is 0 Å². The molecule has 0 heterocycles. The monoisotopic (exact) mass is 335 g/mol. The minimum atomic E-state index is -0.381. The maximum Gasteiger partial charge on any atom is 0.338 e.